The number of nitrogens with zero attached hydrogens (tertiary/aromatic N) is 1. The summed E-state index contributed by atoms with van der Waals surface area (Å²) in [4.78, 5) is 4.30. The molecule has 0 saturated heterocycles. The molecule has 1 heterocycles. The highest BCUT2D eigenvalue weighted by atomic mass is 14.9. The lowest BCUT2D eigenvalue weighted by molar-refractivity contribution is 0.519. The first-order valence-electron chi connectivity index (χ1n) is 4.66. The summed E-state index contributed by atoms with van der Waals surface area (Å²) in [6.07, 6.45) is 3.90. The third-order valence-electron chi connectivity index (χ3n) is 2.09. The van der Waals surface area contributed by atoms with Crippen molar-refractivity contribution in [3.63, 3.8) is 0 Å². The normalized spacial score (nSPS) is 12.8. The van der Waals surface area contributed by atoms with Gasteiger partial charge in [0.25, 0.3) is 0 Å². The van der Waals surface area contributed by atoms with E-state index in [0.717, 1.165) is 25.1 Å². The van der Waals surface area contributed by atoms with Gasteiger partial charge in [0.05, 0.1) is 5.69 Å². The first-order valence-corrected chi connectivity index (χ1v) is 4.66. The summed E-state index contributed by atoms with van der Waals surface area (Å²) in [6, 6.07) is 6.32. The van der Waals surface area contributed by atoms with E-state index in [9.17, 15) is 0 Å². The molecule has 0 aliphatic carbocycles. The number of aromatic nitrogens is 1. The Morgan fingerprint density at radius 2 is 2.38 bits per heavy atom. The summed E-state index contributed by atoms with van der Waals surface area (Å²) >= 11 is 0. The van der Waals surface area contributed by atoms with Crippen molar-refractivity contribution in [2.24, 2.45) is 5.73 Å². The quantitative estimate of drug-likeness (QED) is 0.711. The summed E-state index contributed by atoms with van der Waals surface area (Å²) in [7, 11) is 1.95. The largest absolute Gasteiger partial charge is 0.330 e. The van der Waals surface area contributed by atoms with Gasteiger partial charge in [0.15, 0.2) is 0 Å². The van der Waals surface area contributed by atoms with Gasteiger partial charge in [0.1, 0.15) is 0 Å². The SMILES string of the molecule is CNC(CCCN)c1ccccn1. The van der Waals surface area contributed by atoms with Gasteiger partial charge in [0, 0.05) is 12.2 Å². The second kappa shape index (κ2) is 5.67. The zero-order valence-corrected chi connectivity index (χ0v) is 8.03. The fraction of sp³-hybridized carbons (Fsp3) is 0.500. The van der Waals surface area contributed by atoms with Crippen molar-refractivity contribution < 1.29 is 0 Å². The van der Waals surface area contributed by atoms with Crippen LogP contribution < -0.4 is 11.1 Å². The van der Waals surface area contributed by atoms with Gasteiger partial charge in [-0.05, 0) is 38.6 Å². The predicted molar refractivity (Wildman–Crippen MR) is 54.3 cm³/mol. The molecule has 72 valence electrons. The molecule has 0 saturated carbocycles. The van der Waals surface area contributed by atoms with Gasteiger partial charge in [-0.15, -0.1) is 0 Å². The first-order chi connectivity index (χ1) is 6.38. The molecule has 0 aromatic carbocycles. The van der Waals surface area contributed by atoms with Crippen molar-refractivity contribution >= 4 is 0 Å². The van der Waals surface area contributed by atoms with E-state index in [-0.39, 0.29) is 0 Å². The van der Waals surface area contributed by atoms with E-state index in [1.807, 2.05) is 31.4 Å². The lowest BCUT2D eigenvalue weighted by Crippen LogP contribution is -2.18. The number of nitrogens with one attached hydrogen (secondary N) is 1. The zero-order chi connectivity index (χ0) is 9.52. The van der Waals surface area contributed by atoms with Crippen LogP contribution in [0.15, 0.2) is 24.4 Å². The van der Waals surface area contributed by atoms with E-state index < -0.39 is 0 Å². The van der Waals surface area contributed by atoms with Crippen molar-refractivity contribution in [3.8, 4) is 0 Å². The Hall–Kier alpha value is -0.930. The lowest BCUT2D eigenvalue weighted by atomic mass is 10.1. The number of hydrogen-bond donors (Lipinski definition) is 2. The molecule has 1 atom stereocenters. The Morgan fingerprint density at radius 1 is 1.54 bits per heavy atom. The predicted octanol–water partition coefficient (Wildman–Crippen LogP) is 1.08. The number of rotatable bonds is 5. The van der Waals surface area contributed by atoms with Gasteiger partial charge in [-0.25, -0.2) is 0 Å². The van der Waals surface area contributed by atoms with Crippen molar-refractivity contribution in [1.29, 1.82) is 0 Å². The molecule has 1 rings (SSSR count). The van der Waals surface area contributed by atoms with Crippen molar-refractivity contribution in [1.82, 2.24) is 10.3 Å². The highest BCUT2D eigenvalue weighted by molar-refractivity contribution is 5.08. The van der Waals surface area contributed by atoms with Crippen molar-refractivity contribution in [3.05, 3.63) is 30.1 Å². The van der Waals surface area contributed by atoms with Gasteiger partial charge < -0.3 is 11.1 Å². The van der Waals surface area contributed by atoms with E-state index in [4.69, 9.17) is 5.73 Å². The molecule has 3 N–H and O–H groups in total. The maximum atomic E-state index is 5.46. The average Bonchev–Trinajstić information content (AvgIpc) is 2.21. The summed E-state index contributed by atoms with van der Waals surface area (Å²) in [5, 5.41) is 3.24. The van der Waals surface area contributed by atoms with E-state index in [0.29, 0.717) is 6.04 Å². The van der Waals surface area contributed by atoms with Crippen LogP contribution >= 0.6 is 0 Å². The number of pyridine rings is 1. The minimum absolute atomic E-state index is 0.338. The maximum absolute atomic E-state index is 5.46. The molecule has 0 aliphatic rings. The number of nitrogens with two attached hydrogens (primary N) is 1. The Kier molecular flexibility index (Phi) is 4.43. The summed E-state index contributed by atoms with van der Waals surface area (Å²) in [6.45, 7) is 0.741. The molecule has 1 aromatic heterocycles. The third-order valence-corrected chi connectivity index (χ3v) is 2.09. The van der Waals surface area contributed by atoms with E-state index in [1.54, 1.807) is 0 Å². The summed E-state index contributed by atoms with van der Waals surface area (Å²) in [5.74, 6) is 0. The second-order valence-electron chi connectivity index (χ2n) is 3.03. The topological polar surface area (TPSA) is 50.9 Å². The van der Waals surface area contributed by atoms with Crippen molar-refractivity contribution in [2.45, 2.75) is 18.9 Å². The lowest BCUT2D eigenvalue weighted by Gasteiger charge is -2.14. The van der Waals surface area contributed by atoms with Crippen LogP contribution in [-0.2, 0) is 0 Å². The molecule has 0 radical (unpaired) electrons. The molecule has 0 amide bonds. The monoisotopic (exact) mass is 179 g/mol. The molecule has 0 spiro atoms. The molecule has 0 aliphatic heterocycles. The fourth-order valence-electron chi connectivity index (χ4n) is 1.34. The van der Waals surface area contributed by atoms with Crippen LogP contribution in [0, 0.1) is 0 Å². The first kappa shape index (κ1) is 10.2. The minimum Gasteiger partial charge on any atom is -0.330 e. The van der Waals surface area contributed by atoms with Crippen LogP contribution in [0.1, 0.15) is 24.6 Å². The molecule has 1 aromatic rings. The molecular weight excluding hydrogens is 162 g/mol. The van der Waals surface area contributed by atoms with Crippen LogP contribution in [0.2, 0.25) is 0 Å². The van der Waals surface area contributed by atoms with Crippen LogP contribution in [0.25, 0.3) is 0 Å². The van der Waals surface area contributed by atoms with Crippen LogP contribution in [0.4, 0.5) is 0 Å². The van der Waals surface area contributed by atoms with E-state index in [2.05, 4.69) is 10.3 Å². The van der Waals surface area contributed by atoms with Gasteiger partial charge in [-0.3, -0.25) is 4.98 Å². The maximum Gasteiger partial charge on any atom is 0.0573 e. The van der Waals surface area contributed by atoms with Gasteiger partial charge in [-0.2, -0.15) is 0 Å². The van der Waals surface area contributed by atoms with Crippen LogP contribution in [-0.4, -0.2) is 18.6 Å². The molecular formula is C10H17N3. The van der Waals surface area contributed by atoms with E-state index in [1.165, 1.54) is 0 Å². The van der Waals surface area contributed by atoms with Gasteiger partial charge in [-0.1, -0.05) is 6.07 Å². The highest BCUT2D eigenvalue weighted by Crippen LogP contribution is 2.14. The Morgan fingerprint density at radius 3 is 2.92 bits per heavy atom. The summed E-state index contributed by atoms with van der Waals surface area (Å²) < 4.78 is 0. The van der Waals surface area contributed by atoms with Gasteiger partial charge in [0.2, 0.25) is 0 Å². The second-order valence-corrected chi connectivity index (χ2v) is 3.03. The van der Waals surface area contributed by atoms with Crippen LogP contribution in [0.3, 0.4) is 0 Å². The number of hydrogen-bond acceptors (Lipinski definition) is 3. The minimum atomic E-state index is 0.338. The molecule has 3 nitrogen and oxygen atoms in total. The van der Waals surface area contributed by atoms with Crippen LogP contribution in [0.5, 0.6) is 0 Å². The molecule has 0 fully saturated rings. The molecule has 3 heteroatoms. The van der Waals surface area contributed by atoms with E-state index >= 15 is 0 Å². The van der Waals surface area contributed by atoms with Gasteiger partial charge >= 0.3 is 0 Å². The Labute approximate surface area is 79.4 Å². The Balaban J connectivity index is 2.56. The smallest absolute Gasteiger partial charge is 0.0573 e. The Bertz CT molecular complexity index is 223. The molecule has 0 bridgehead atoms. The molecule has 1 unspecified atom stereocenters. The zero-order valence-electron chi connectivity index (χ0n) is 8.03. The highest BCUT2D eigenvalue weighted by Gasteiger charge is 2.08. The summed E-state index contributed by atoms with van der Waals surface area (Å²) in [5.41, 5.74) is 6.56. The van der Waals surface area contributed by atoms with Crippen molar-refractivity contribution in [2.75, 3.05) is 13.6 Å². The standard InChI is InChI=1S/C10H17N3/c1-12-9(6-4-7-11)10-5-2-3-8-13-10/h2-3,5,8-9,12H,4,6-7,11H2,1H3. The molecule has 13 heavy (non-hydrogen) atoms. The third kappa shape index (κ3) is 3.13. The average molecular weight is 179 g/mol. The fourth-order valence-corrected chi connectivity index (χ4v) is 1.34.